The quantitative estimate of drug-likeness (QED) is 0.201. The summed E-state index contributed by atoms with van der Waals surface area (Å²) in [6.45, 7) is 7.90. The molecule has 3 atom stereocenters. The van der Waals surface area contributed by atoms with Crippen LogP contribution in [0.1, 0.15) is 39.5 Å². The third-order valence-corrected chi connectivity index (χ3v) is 4.21. The van der Waals surface area contributed by atoms with Crippen molar-refractivity contribution in [2.24, 2.45) is 17.3 Å². The number of esters is 3. The van der Waals surface area contributed by atoms with Crippen molar-refractivity contribution in [1.29, 1.82) is 0 Å². The van der Waals surface area contributed by atoms with Crippen molar-refractivity contribution in [2.75, 3.05) is 20.3 Å². The van der Waals surface area contributed by atoms with E-state index in [-0.39, 0.29) is 25.1 Å². The Labute approximate surface area is 137 Å². The van der Waals surface area contributed by atoms with E-state index in [1.807, 2.05) is 13.8 Å². The van der Waals surface area contributed by atoms with Crippen LogP contribution in [0.15, 0.2) is 12.7 Å². The zero-order valence-corrected chi connectivity index (χ0v) is 14.1. The van der Waals surface area contributed by atoms with E-state index in [1.165, 1.54) is 7.11 Å². The number of carbonyl (C=O) groups is 3. The van der Waals surface area contributed by atoms with Crippen LogP contribution in [0.3, 0.4) is 0 Å². The van der Waals surface area contributed by atoms with Gasteiger partial charge in [0.15, 0.2) is 5.41 Å². The van der Waals surface area contributed by atoms with E-state index in [9.17, 15) is 14.4 Å². The topological polar surface area (TPSA) is 78.9 Å². The first-order valence-electron chi connectivity index (χ1n) is 7.96. The van der Waals surface area contributed by atoms with Crippen LogP contribution < -0.4 is 0 Å². The highest BCUT2D eigenvalue weighted by molar-refractivity contribution is 6.04. The minimum Gasteiger partial charge on any atom is -0.468 e. The van der Waals surface area contributed by atoms with Gasteiger partial charge in [-0.15, -0.1) is 6.58 Å². The number of methoxy groups -OCH3 is 1. The van der Waals surface area contributed by atoms with Crippen molar-refractivity contribution in [3.8, 4) is 0 Å². The molecule has 6 nitrogen and oxygen atoms in total. The highest BCUT2D eigenvalue weighted by atomic mass is 16.6. The molecule has 0 bridgehead atoms. The van der Waals surface area contributed by atoms with Gasteiger partial charge in [-0.1, -0.05) is 26.3 Å². The van der Waals surface area contributed by atoms with Crippen molar-refractivity contribution in [3.05, 3.63) is 12.7 Å². The van der Waals surface area contributed by atoms with Gasteiger partial charge in [-0.25, -0.2) is 0 Å². The van der Waals surface area contributed by atoms with E-state index in [0.29, 0.717) is 25.2 Å². The van der Waals surface area contributed by atoms with Crippen molar-refractivity contribution in [3.63, 3.8) is 0 Å². The summed E-state index contributed by atoms with van der Waals surface area (Å²) in [6, 6.07) is 0. The summed E-state index contributed by atoms with van der Waals surface area (Å²) >= 11 is 0. The van der Waals surface area contributed by atoms with Crippen LogP contribution in [0.25, 0.3) is 0 Å². The van der Waals surface area contributed by atoms with Gasteiger partial charge in [-0.3, -0.25) is 14.4 Å². The van der Waals surface area contributed by atoms with Gasteiger partial charge in [0.1, 0.15) is 0 Å². The summed E-state index contributed by atoms with van der Waals surface area (Å²) in [6.07, 6.45) is 3.64. The SMILES string of the molecule is C=CC1CC1(C(=O)OC)C(=O)OCCCOC(=O)CC(C)CC. The first kappa shape index (κ1) is 19.2. The molecular weight excluding hydrogens is 300 g/mol. The van der Waals surface area contributed by atoms with Crippen molar-refractivity contribution in [1.82, 2.24) is 0 Å². The molecule has 0 radical (unpaired) electrons. The molecule has 0 heterocycles. The van der Waals surface area contributed by atoms with Crippen LogP contribution in [-0.4, -0.2) is 38.2 Å². The van der Waals surface area contributed by atoms with E-state index in [2.05, 4.69) is 11.3 Å². The fourth-order valence-electron chi connectivity index (χ4n) is 2.33. The number of rotatable bonds is 10. The Morgan fingerprint density at radius 2 is 1.91 bits per heavy atom. The molecule has 0 aromatic carbocycles. The maximum atomic E-state index is 12.1. The maximum absolute atomic E-state index is 12.1. The van der Waals surface area contributed by atoms with E-state index in [0.717, 1.165) is 6.42 Å². The lowest BCUT2D eigenvalue weighted by Crippen LogP contribution is -2.31. The molecule has 3 unspecified atom stereocenters. The molecule has 0 aromatic rings. The largest absolute Gasteiger partial charge is 0.468 e. The van der Waals surface area contributed by atoms with Gasteiger partial charge in [0.2, 0.25) is 0 Å². The molecule has 0 amide bonds. The Morgan fingerprint density at radius 3 is 2.43 bits per heavy atom. The first-order valence-corrected chi connectivity index (χ1v) is 7.96. The average molecular weight is 326 g/mol. The average Bonchev–Trinajstić information content (AvgIpc) is 3.29. The maximum Gasteiger partial charge on any atom is 0.324 e. The van der Waals surface area contributed by atoms with Gasteiger partial charge in [0, 0.05) is 18.8 Å². The second kappa shape index (κ2) is 8.70. The summed E-state index contributed by atoms with van der Waals surface area (Å²) < 4.78 is 14.9. The molecular formula is C17H26O6. The Bertz CT molecular complexity index is 458. The summed E-state index contributed by atoms with van der Waals surface area (Å²) in [5.41, 5.74) is -1.23. The van der Waals surface area contributed by atoms with E-state index in [4.69, 9.17) is 9.47 Å². The van der Waals surface area contributed by atoms with Crippen LogP contribution in [0, 0.1) is 17.3 Å². The third-order valence-electron chi connectivity index (χ3n) is 4.21. The Balaban J connectivity index is 2.28. The van der Waals surface area contributed by atoms with E-state index >= 15 is 0 Å². The van der Waals surface area contributed by atoms with Crippen LogP contribution in [0.2, 0.25) is 0 Å². The summed E-state index contributed by atoms with van der Waals surface area (Å²) in [7, 11) is 1.24. The molecule has 0 aliphatic heterocycles. The summed E-state index contributed by atoms with van der Waals surface area (Å²) in [5.74, 6) is -1.38. The Hall–Kier alpha value is -1.85. The number of hydrogen-bond acceptors (Lipinski definition) is 6. The van der Waals surface area contributed by atoms with Crippen molar-refractivity contribution in [2.45, 2.75) is 39.5 Å². The fraction of sp³-hybridized carbons (Fsp3) is 0.706. The van der Waals surface area contributed by atoms with Crippen LogP contribution in [0.5, 0.6) is 0 Å². The number of allylic oxidation sites excluding steroid dienone is 1. The molecule has 0 saturated heterocycles. The molecule has 0 spiro atoms. The van der Waals surface area contributed by atoms with E-state index < -0.39 is 17.4 Å². The van der Waals surface area contributed by atoms with Crippen molar-refractivity contribution < 1.29 is 28.6 Å². The van der Waals surface area contributed by atoms with Crippen LogP contribution in [0.4, 0.5) is 0 Å². The molecule has 1 rings (SSSR count). The molecule has 6 heteroatoms. The van der Waals surface area contributed by atoms with E-state index in [1.54, 1.807) is 6.08 Å². The second-order valence-corrected chi connectivity index (χ2v) is 5.94. The Kier molecular flexibility index (Phi) is 7.26. The molecule has 1 fully saturated rings. The predicted octanol–water partition coefficient (Wildman–Crippen LogP) is 2.26. The molecule has 1 saturated carbocycles. The lowest BCUT2D eigenvalue weighted by molar-refractivity contribution is -0.163. The van der Waals surface area contributed by atoms with Gasteiger partial charge in [0.05, 0.1) is 20.3 Å². The number of carbonyl (C=O) groups excluding carboxylic acids is 3. The Morgan fingerprint density at radius 1 is 1.26 bits per heavy atom. The lowest BCUT2D eigenvalue weighted by Gasteiger charge is -2.13. The minimum absolute atomic E-state index is 0.0953. The molecule has 0 aromatic heterocycles. The summed E-state index contributed by atoms with van der Waals surface area (Å²) in [5, 5.41) is 0. The van der Waals surface area contributed by atoms with Gasteiger partial charge in [-0.2, -0.15) is 0 Å². The molecule has 1 aliphatic rings. The van der Waals surface area contributed by atoms with Gasteiger partial charge >= 0.3 is 17.9 Å². The van der Waals surface area contributed by atoms with Crippen LogP contribution >= 0.6 is 0 Å². The van der Waals surface area contributed by atoms with Gasteiger partial charge in [-0.05, 0) is 12.3 Å². The standard InChI is InChI=1S/C17H26O6/c1-5-12(3)10-14(18)22-8-7-9-23-16(20)17(15(19)21-4)11-13(17)6-2/h6,12-13H,2,5,7-11H2,1,3-4H3. The minimum atomic E-state index is -1.23. The molecule has 23 heavy (non-hydrogen) atoms. The summed E-state index contributed by atoms with van der Waals surface area (Å²) in [4.78, 5) is 35.4. The first-order chi connectivity index (χ1) is 10.9. The third kappa shape index (κ3) is 4.81. The number of ether oxygens (including phenoxy) is 3. The lowest BCUT2D eigenvalue weighted by atomic mass is 10.0. The molecule has 130 valence electrons. The predicted molar refractivity (Wildman–Crippen MR) is 83.4 cm³/mol. The second-order valence-electron chi connectivity index (χ2n) is 5.94. The zero-order chi connectivity index (χ0) is 17.5. The number of hydrogen-bond donors (Lipinski definition) is 0. The molecule has 1 aliphatic carbocycles. The monoisotopic (exact) mass is 326 g/mol. The highest BCUT2D eigenvalue weighted by Gasteiger charge is 2.66. The fourth-order valence-corrected chi connectivity index (χ4v) is 2.33. The smallest absolute Gasteiger partial charge is 0.324 e. The van der Waals surface area contributed by atoms with Gasteiger partial charge in [0.25, 0.3) is 0 Å². The van der Waals surface area contributed by atoms with Crippen LogP contribution in [-0.2, 0) is 28.6 Å². The molecule has 0 N–H and O–H groups in total. The zero-order valence-electron chi connectivity index (χ0n) is 14.1. The van der Waals surface area contributed by atoms with Crippen molar-refractivity contribution >= 4 is 17.9 Å². The normalized spacial score (nSPS) is 23.5. The van der Waals surface area contributed by atoms with Gasteiger partial charge < -0.3 is 14.2 Å². The highest BCUT2D eigenvalue weighted by Crippen LogP contribution is 2.55.